The minimum Gasteiger partial charge on any atom is -0.349 e. The van der Waals surface area contributed by atoms with E-state index in [0.29, 0.717) is 0 Å². The van der Waals surface area contributed by atoms with Crippen molar-refractivity contribution in [2.45, 2.75) is 38.3 Å². The van der Waals surface area contributed by atoms with Gasteiger partial charge in [0.2, 0.25) is 5.91 Å². The Bertz CT molecular complexity index is 377. The van der Waals surface area contributed by atoms with E-state index in [1.54, 1.807) is 0 Å². The normalized spacial score (nSPS) is 25.5. The van der Waals surface area contributed by atoms with Gasteiger partial charge in [0.25, 0.3) is 0 Å². The summed E-state index contributed by atoms with van der Waals surface area (Å²) in [6, 6.07) is 10.1. The van der Waals surface area contributed by atoms with E-state index >= 15 is 0 Å². The average molecular weight is 232 g/mol. The van der Waals surface area contributed by atoms with Crippen LogP contribution in [0.15, 0.2) is 30.3 Å². The number of nitrogens with one attached hydrogen (secondary N) is 1. The van der Waals surface area contributed by atoms with E-state index < -0.39 is 0 Å². The molecule has 0 radical (unpaired) electrons. The number of carbonyl (C=O) groups excluding carboxylic acids is 1. The van der Waals surface area contributed by atoms with Crippen LogP contribution in [0.5, 0.6) is 0 Å². The first-order chi connectivity index (χ1) is 8.18. The second-order valence-electron chi connectivity index (χ2n) is 4.84. The molecule has 1 aliphatic rings. The lowest BCUT2D eigenvalue weighted by Gasteiger charge is -2.19. The molecule has 1 aromatic rings. The third-order valence-electron chi connectivity index (χ3n) is 3.56. The summed E-state index contributed by atoms with van der Waals surface area (Å²) < 4.78 is 0. The van der Waals surface area contributed by atoms with Crippen LogP contribution in [-0.2, 0) is 4.79 Å². The molecule has 0 spiro atoms. The lowest BCUT2D eigenvalue weighted by Crippen LogP contribution is -2.39. The Labute approximate surface area is 102 Å². The van der Waals surface area contributed by atoms with Crippen molar-refractivity contribution in [1.82, 2.24) is 5.32 Å². The molecule has 3 unspecified atom stereocenters. The number of nitrogens with two attached hydrogens (primary N) is 1. The smallest absolute Gasteiger partial charge is 0.225 e. The van der Waals surface area contributed by atoms with E-state index in [1.165, 1.54) is 0 Å². The molecular formula is C14H20N2O. The highest BCUT2D eigenvalue weighted by Gasteiger charge is 2.30. The number of benzene rings is 1. The van der Waals surface area contributed by atoms with E-state index in [4.69, 9.17) is 5.73 Å². The summed E-state index contributed by atoms with van der Waals surface area (Å²) in [5, 5.41) is 3.05. The van der Waals surface area contributed by atoms with Gasteiger partial charge < -0.3 is 11.1 Å². The molecule has 3 heteroatoms. The zero-order valence-corrected chi connectivity index (χ0v) is 10.2. The van der Waals surface area contributed by atoms with Crippen molar-refractivity contribution in [3.05, 3.63) is 35.9 Å². The van der Waals surface area contributed by atoms with Crippen LogP contribution in [-0.4, -0.2) is 11.9 Å². The summed E-state index contributed by atoms with van der Waals surface area (Å²) >= 11 is 0. The van der Waals surface area contributed by atoms with Gasteiger partial charge in [-0.2, -0.15) is 0 Å². The van der Waals surface area contributed by atoms with Crippen LogP contribution in [0.3, 0.4) is 0 Å². The first-order valence-electron chi connectivity index (χ1n) is 6.29. The Morgan fingerprint density at radius 3 is 2.65 bits per heavy atom. The van der Waals surface area contributed by atoms with Gasteiger partial charge in [-0.25, -0.2) is 0 Å². The Kier molecular flexibility index (Phi) is 3.79. The highest BCUT2D eigenvalue weighted by atomic mass is 16.2. The van der Waals surface area contributed by atoms with Crippen LogP contribution in [0.4, 0.5) is 0 Å². The maximum Gasteiger partial charge on any atom is 0.225 e. The fourth-order valence-corrected chi connectivity index (χ4v) is 2.46. The molecule has 1 aliphatic carbocycles. The van der Waals surface area contributed by atoms with Crippen LogP contribution in [0, 0.1) is 5.92 Å². The van der Waals surface area contributed by atoms with Crippen molar-refractivity contribution in [3.63, 3.8) is 0 Å². The van der Waals surface area contributed by atoms with E-state index in [0.717, 1.165) is 24.8 Å². The molecule has 0 bridgehead atoms. The second kappa shape index (κ2) is 5.32. The number of carbonyl (C=O) groups is 1. The third-order valence-corrected chi connectivity index (χ3v) is 3.56. The Balaban J connectivity index is 1.95. The van der Waals surface area contributed by atoms with Crippen LogP contribution >= 0.6 is 0 Å². The molecule has 1 amide bonds. The summed E-state index contributed by atoms with van der Waals surface area (Å²) in [5.41, 5.74) is 7.07. The first-order valence-corrected chi connectivity index (χ1v) is 6.29. The Morgan fingerprint density at radius 2 is 2.06 bits per heavy atom. The largest absolute Gasteiger partial charge is 0.349 e. The third kappa shape index (κ3) is 2.86. The summed E-state index contributed by atoms with van der Waals surface area (Å²) in [6.45, 7) is 2.01. The van der Waals surface area contributed by atoms with E-state index in [2.05, 4.69) is 5.32 Å². The SMILES string of the molecule is CC(NC(=O)C1CCCC1N)c1ccccc1. The maximum atomic E-state index is 12.0. The maximum absolute atomic E-state index is 12.0. The van der Waals surface area contributed by atoms with Crippen molar-refractivity contribution in [2.75, 3.05) is 0 Å². The van der Waals surface area contributed by atoms with Crippen molar-refractivity contribution >= 4 is 5.91 Å². The second-order valence-corrected chi connectivity index (χ2v) is 4.84. The lowest BCUT2D eigenvalue weighted by molar-refractivity contribution is -0.125. The zero-order valence-electron chi connectivity index (χ0n) is 10.2. The highest BCUT2D eigenvalue weighted by molar-refractivity contribution is 5.80. The van der Waals surface area contributed by atoms with E-state index in [9.17, 15) is 4.79 Å². The predicted octanol–water partition coefficient (Wildman–Crippen LogP) is 1.99. The van der Waals surface area contributed by atoms with Gasteiger partial charge >= 0.3 is 0 Å². The number of hydrogen-bond acceptors (Lipinski definition) is 2. The molecule has 1 saturated carbocycles. The van der Waals surface area contributed by atoms with Crippen molar-refractivity contribution in [1.29, 1.82) is 0 Å². The molecule has 0 aromatic heterocycles. The molecule has 17 heavy (non-hydrogen) atoms. The van der Waals surface area contributed by atoms with E-state index in [1.807, 2.05) is 37.3 Å². The molecular weight excluding hydrogens is 212 g/mol. The Morgan fingerprint density at radius 1 is 1.35 bits per heavy atom. The minimum atomic E-state index is 0.00108. The zero-order chi connectivity index (χ0) is 12.3. The van der Waals surface area contributed by atoms with Gasteiger partial charge in [0.15, 0.2) is 0 Å². The topological polar surface area (TPSA) is 55.1 Å². The molecule has 3 N–H and O–H groups in total. The van der Waals surface area contributed by atoms with Crippen LogP contribution in [0.1, 0.15) is 37.8 Å². The van der Waals surface area contributed by atoms with E-state index in [-0.39, 0.29) is 23.9 Å². The molecule has 3 atom stereocenters. The van der Waals surface area contributed by atoms with Gasteiger partial charge in [-0.3, -0.25) is 4.79 Å². The average Bonchev–Trinajstić information content (AvgIpc) is 2.76. The van der Waals surface area contributed by atoms with Gasteiger partial charge in [0, 0.05) is 6.04 Å². The number of hydrogen-bond donors (Lipinski definition) is 2. The summed E-state index contributed by atoms with van der Waals surface area (Å²) in [4.78, 5) is 12.0. The number of rotatable bonds is 3. The molecule has 0 saturated heterocycles. The fourth-order valence-electron chi connectivity index (χ4n) is 2.46. The lowest BCUT2D eigenvalue weighted by atomic mass is 10.0. The molecule has 0 heterocycles. The van der Waals surface area contributed by atoms with Crippen molar-refractivity contribution in [2.24, 2.45) is 11.7 Å². The van der Waals surface area contributed by atoms with Gasteiger partial charge in [0.1, 0.15) is 0 Å². The first kappa shape index (κ1) is 12.1. The van der Waals surface area contributed by atoms with Crippen molar-refractivity contribution < 1.29 is 4.79 Å². The van der Waals surface area contributed by atoms with Crippen LogP contribution < -0.4 is 11.1 Å². The quantitative estimate of drug-likeness (QED) is 0.837. The highest BCUT2D eigenvalue weighted by Crippen LogP contribution is 2.25. The predicted molar refractivity (Wildman–Crippen MR) is 68.3 cm³/mol. The minimum absolute atomic E-state index is 0.00108. The monoisotopic (exact) mass is 232 g/mol. The molecule has 2 rings (SSSR count). The molecule has 3 nitrogen and oxygen atoms in total. The van der Waals surface area contributed by atoms with Gasteiger partial charge in [-0.1, -0.05) is 36.8 Å². The van der Waals surface area contributed by atoms with Gasteiger partial charge in [-0.15, -0.1) is 0 Å². The molecule has 1 aromatic carbocycles. The van der Waals surface area contributed by atoms with Crippen LogP contribution in [0.2, 0.25) is 0 Å². The van der Waals surface area contributed by atoms with Gasteiger partial charge in [0.05, 0.1) is 12.0 Å². The molecule has 1 fully saturated rings. The standard InChI is InChI=1S/C14H20N2O/c1-10(11-6-3-2-4-7-11)16-14(17)12-8-5-9-13(12)15/h2-4,6-7,10,12-13H,5,8-9,15H2,1H3,(H,16,17). The molecule has 0 aliphatic heterocycles. The fraction of sp³-hybridized carbons (Fsp3) is 0.500. The Hall–Kier alpha value is -1.35. The van der Waals surface area contributed by atoms with Crippen LogP contribution in [0.25, 0.3) is 0 Å². The van der Waals surface area contributed by atoms with Crippen molar-refractivity contribution in [3.8, 4) is 0 Å². The molecule has 92 valence electrons. The summed E-state index contributed by atoms with van der Waals surface area (Å²) in [7, 11) is 0. The summed E-state index contributed by atoms with van der Waals surface area (Å²) in [6.07, 6.45) is 2.96. The number of amides is 1. The summed E-state index contributed by atoms with van der Waals surface area (Å²) in [5.74, 6) is 0.104. The van der Waals surface area contributed by atoms with Gasteiger partial charge in [-0.05, 0) is 25.3 Å².